The fourth-order valence-corrected chi connectivity index (χ4v) is 4.26. The molecule has 3 rings (SSSR count). The Morgan fingerprint density at radius 1 is 1.53 bits per heavy atom. The maximum atomic E-state index is 6.01. The molecular formula is C13H17BrN4S. The third-order valence-corrected chi connectivity index (χ3v) is 5.88. The Morgan fingerprint density at radius 3 is 3.05 bits per heavy atom. The Balaban J connectivity index is 1.84. The van der Waals surface area contributed by atoms with Crippen molar-refractivity contribution in [1.29, 1.82) is 0 Å². The molecule has 2 aromatic heterocycles. The highest BCUT2D eigenvalue weighted by Gasteiger charge is 2.25. The second-order valence-corrected chi connectivity index (χ2v) is 6.95. The summed E-state index contributed by atoms with van der Waals surface area (Å²) in [6.45, 7) is 5.68. The molecule has 3 heterocycles. The van der Waals surface area contributed by atoms with Gasteiger partial charge < -0.3 is 10.3 Å². The highest BCUT2D eigenvalue weighted by atomic mass is 79.9. The maximum Gasteiger partial charge on any atom is 0.122 e. The molecule has 1 aliphatic heterocycles. The van der Waals surface area contributed by atoms with Crippen LogP contribution in [0.15, 0.2) is 22.9 Å². The van der Waals surface area contributed by atoms with Crippen molar-refractivity contribution in [2.24, 2.45) is 5.73 Å². The standard InChI is InChI=1S/C13H17BrN4S/c1-9-10(14)6-12(19-9)11(7-15)18-5-4-17-3-2-16-13(17)8-18/h2-3,6,11H,4-5,7-8,15H2,1H3. The van der Waals surface area contributed by atoms with Crippen molar-refractivity contribution in [3.63, 3.8) is 0 Å². The average Bonchev–Trinajstić information content (AvgIpc) is 2.98. The normalized spacial score (nSPS) is 17.4. The van der Waals surface area contributed by atoms with E-state index >= 15 is 0 Å². The fraction of sp³-hybridized carbons (Fsp3) is 0.462. The summed E-state index contributed by atoms with van der Waals surface area (Å²) in [5.74, 6) is 1.14. The molecular weight excluding hydrogens is 324 g/mol. The average molecular weight is 341 g/mol. The van der Waals surface area contributed by atoms with E-state index in [2.05, 4.69) is 49.6 Å². The summed E-state index contributed by atoms with van der Waals surface area (Å²) in [6.07, 6.45) is 3.93. The lowest BCUT2D eigenvalue weighted by molar-refractivity contribution is 0.158. The topological polar surface area (TPSA) is 47.1 Å². The van der Waals surface area contributed by atoms with Gasteiger partial charge in [0.05, 0.1) is 12.6 Å². The summed E-state index contributed by atoms with van der Waals surface area (Å²) in [7, 11) is 0. The van der Waals surface area contributed by atoms with Crippen LogP contribution in [-0.2, 0) is 13.1 Å². The molecule has 0 radical (unpaired) electrons. The van der Waals surface area contributed by atoms with Crippen molar-refractivity contribution >= 4 is 27.3 Å². The molecule has 102 valence electrons. The Morgan fingerprint density at radius 2 is 2.37 bits per heavy atom. The molecule has 2 aromatic rings. The molecule has 0 fully saturated rings. The Labute approximate surface area is 125 Å². The number of hydrogen-bond donors (Lipinski definition) is 1. The van der Waals surface area contributed by atoms with Gasteiger partial charge in [0.2, 0.25) is 0 Å². The minimum atomic E-state index is 0.292. The molecule has 4 nitrogen and oxygen atoms in total. The summed E-state index contributed by atoms with van der Waals surface area (Å²) < 4.78 is 3.41. The van der Waals surface area contributed by atoms with Gasteiger partial charge in [-0.05, 0) is 28.9 Å². The van der Waals surface area contributed by atoms with Crippen molar-refractivity contribution in [1.82, 2.24) is 14.5 Å². The molecule has 1 atom stereocenters. The van der Waals surface area contributed by atoms with Gasteiger partial charge in [-0.1, -0.05) is 0 Å². The highest BCUT2D eigenvalue weighted by Crippen LogP contribution is 2.34. The molecule has 0 bridgehead atoms. The van der Waals surface area contributed by atoms with Gasteiger partial charge in [-0.3, -0.25) is 4.90 Å². The number of halogens is 1. The Kier molecular flexibility index (Phi) is 3.75. The third kappa shape index (κ3) is 2.50. The molecule has 0 saturated heterocycles. The number of aryl methyl sites for hydroxylation is 1. The predicted molar refractivity (Wildman–Crippen MR) is 81.2 cm³/mol. The molecule has 6 heteroatoms. The SMILES string of the molecule is Cc1sc(C(CN)N2CCn3ccnc3C2)cc1Br. The molecule has 0 amide bonds. The molecule has 0 aromatic carbocycles. The van der Waals surface area contributed by atoms with Crippen LogP contribution in [0.4, 0.5) is 0 Å². The quantitative estimate of drug-likeness (QED) is 0.933. The Hall–Kier alpha value is -0.690. The molecule has 1 unspecified atom stereocenters. The zero-order chi connectivity index (χ0) is 13.4. The summed E-state index contributed by atoms with van der Waals surface area (Å²) >= 11 is 5.42. The predicted octanol–water partition coefficient (Wildman–Crippen LogP) is 2.53. The number of rotatable bonds is 3. The van der Waals surface area contributed by atoms with E-state index in [1.165, 1.54) is 14.2 Å². The maximum absolute atomic E-state index is 6.01. The smallest absolute Gasteiger partial charge is 0.122 e. The number of imidazole rings is 1. The van der Waals surface area contributed by atoms with E-state index in [1.54, 1.807) is 0 Å². The van der Waals surface area contributed by atoms with Gasteiger partial charge in [0.15, 0.2) is 0 Å². The zero-order valence-electron chi connectivity index (χ0n) is 10.8. The first-order valence-corrected chi connectivity index (χ1v) is 8.00. The second-order valence-electron chi connectivity index (χ2n) is 4.81. The van der Waals surface area contributed by atoms with E-state index in [4.69, 9.17) is 5.73 Å². The van der Waals surface area contributed by atoms with E-state index in [0.717, 1.165) is 25.5 Å². The minimum Gasteiger partial charge on any atom is -0.333 e. The van der Waals surface area contributed by atoms with Crippen LogP contribution in [0.1, 0.15) is 21.6 Å². The summed E-state index contributed by atoms with van der Waals surface area (Å²) in [4.78, 5) is 9.50. The first kappa shape index (κ1) is 13.3. The van der Waals surface area contributed by atoms with Crippen molar-refractivity contribution in [3.05, 3.63) is 38.5 Å². The number of aromatic nitrogens is 2. The van der Waals surface area contributed by atoms with Crippen LogP contribution < -0.4 is 5.73 Å². The van der Waals surface area contributed by atoms with Crippen molar-refractivity contribution in [2.75, 3.05) is 13.1 Å². The monoisotopic (exact) mass is 340 g/mol. The molecule has 0 spiro atoms. The summed E-state index contributed by atoms with van der Waals surface area (Å²) in [5, 5.41) is 0. The van der Waals surface area contributed by atoms with E-state index in [9.17, 15) is 0 Å². The molecule has 19 heavy (non-hydrogen) atoms. The number of nitrogens with two attached hydrogens (primary N) is 1. The number of hydrogen-bond acceptors (Lipinski definition) is 4. The van der Waals surface area contributed by atoms with Gasteiger partial charge >= 0.3 is 0 Å². The summed E-state index contributed by atoms with van der Waals surface area (Å²) in [5.41, 5.74) is 6.01. The van der Waals surface area contributed by atoms with Gasteiger partial charge in [-0.25, -0.2) is 4.98 Å². The van der Waals surface area contributed by atoms with Gasteiger partial charge in [0.1, 0.15) is 5.82 Å². The fourth-order valence-electron chi connectivity index (χ4n) is 2.55. The van der Waals surface area contributed by atoms with Crippen molar-refractivity contribution in [3.8, 4) is 0 Å². The first-order valence-electron chi connectivity index (χ1n) is 6.39. The van der Waals surface area contributed by atoms with Crippen molar-refractivity contribution in [2.45, 2.75) is 26.1 Å². The number of fused-ring (bicyclic) bond motifs is 1. The minimum absolute atomic E-state index is 0.292. The van der Waals surface area contributed by atoms with Gasteiger partial charge in [0, 0.05) is 46.3 Å². The van der Waals surface area contributed by atoms with Crippen molar-refractivity contribution < 1.29 is 0 Å². The lowest BCUT2D eigenvalue weighted by Gasteiger charge is -2.33. The van der Waals surface area contributed by atoms with Gasteiger partial charge in [-0.15, -0.1) is 11.3 Å². The van der Waals surface area contributed by atoms with E-state index < -0.39 is 0 Å². The number of nitrogens with zero attached hydrogens (tertiary/aromatic N) is 3. The van der Waals surface area contributed by atoms with E-state index in [0.29, 0.717) is 12.6 Å². The van der Waals surface area contributed by atoms with Crippen LogP contribution >= 0.6 is 27.3 Å². The van der Waals surface area contributed by atoms with Crippen LogP contribution in [0, 0.1) is 6.92 Å². The van der Waals surface area contributed by atoms with E-state index in [1.807, 2.05) is 17.5 Å². The van der Waals surface area contributed by atoms with Crippen LogP contribution in [0.2, 0.25) is 0 Å². The van der Waals surface area contributed by atoms with Crippen LogP contribution in [0.3, 0.4) is 0 Å². The third-order valence-electron chi connectivity index (χ3n) is 3.64. The van der Waals surface area contributed by atoms with Crippen LogP contribution in [-0.4, -0.2) is 27.5 Å². The number of thiophene rings is 1. The van der Waals surface area contributed by atoms with Gasteiger partial charge in [0.25, 0.3) is 0 Å². The van der Waals surface area contributed by atoms with Crippen LogP contribution in [0.25, 0.3) is 0 Å². The summed E-state index contributed by atoms with van der Waals surface area (Å²) in [6, 6.07) is 2.50. The zero-order valence-corrected chi connectivity index (χ0v) is 13.2. The second kappa shape index (κ2) is 5.36. The highest BCUT2D eigenvalue weighted by molar-refractivity contribution is 9.10. The molecule has 1 aliphatic rings. The largest absolute Gasteiger partial charge is 0.333 e. The van der Waals surface area contributed by atoms with E-state index in [-0.39, 0.29) is 0 Å². The molecule has 0 saturated carbocycles. The Bertz CT molecular complexity index is 557. The first-order chi connectivity index (χ1) is 9.19. The van der Waals surface area contributed by atoms with Crippen LogP contribution in [0.5, 0.6) is 0 Å². The lowest BCUT2D eigenvalue weighted by atomic mass is 10.2. The lowest BCUT2D eigenvalue weighted by Crippen LogP contribution is -2.39. The molecule has 0 aliphatic carbocycles. The van der Waals surface area contributed by atoms with Gasteiger partial charge in [-0.2, -0.15) is 0 Å². The molecule has 2 N–H and O–H groups in total.